The zero-order valence-corrected chi connectivity index (χ0v) is 11.4. The number of pyridine rings is 1. The molecule has 0 N–H and O–H groups in total. The second-order valence-electron chi connectivity index (χ2n) is 4.30. The first kappa shape index (κ1) is 13.3. The van der Waals surface area contributed by atoms with Gasteiger partial charge in [-0.05, 0) is 42.5 Å². The van der Waals surface area contributed by atoms with E-state index in [1.54, 1.807) is 42.5 Å². The van der Waals surface area contributed by atoms with E-state index >= 15 is 0 Å². The zero-order valence-electron chi connectivity index (χ0n) is 10.7. The van der Waals surface area contributed by atoms with E-state index in [2.05, 4.69) is 4.98 Å². The summed E-state index contributed by atoms with van der Waals surface area (Å²) in [4.78, 5) is 14.7. The fourth-order valence-electron chi connectivity index (χ4n) is 2.00. The van der Waals surface area contributed by atoms with Gasteiger partial charge in [0.05, 0.1) is 4.92 Å². The van der Waals surface area contributed by atoms with Crippen LogP contribution < -0.4 is 4.74 Å². The second-order valence-corrected chi connectivity index (χ2v) is 4.73. The lowest BCUT2D eigenvalue weighted by Gasteiger charge is -2.08. The summed E-state index contributed by atoms with van der Waals surface area (Å²) < 4.78 is 5.76. The second kappa shape index (κ2) is 5.38. The fraction of sp³-hybridized carbons (Fsp3) is 0. The lowest BCUT2D eigenvalue weighted by atomic mass is 10.1. The molecule has 0 radical (unpaired) electrons. The van der Waals surface area contributed by atoms with E-state index in [0.29, 0.717) is 27.4 Å². The fourth-order valence-corrected chi connectivity index (χ4v) is 2.12. The topological polar surface area (TPSA) is 65.3 Å². The minimum absolute atomic E-state index is 0.0472. The van der Waals surface area contributed by atoms with Gasteiger partial charge in [-0.1, -0.05) is 11.6 Å². The Balaban J connectivity index is 2.09. The van der Waals surface area contributed by atoms with Gasteiger partial charge < -0.3 is 4.74 Å². The van der Waals surface area contributed by atoms with Gasteiger partial charge in [0.25, 0.3) is 5.69 Å². The van der Waals surface area contributed by atoms with Crippen molar-refractivity contribution >= 4 is 28.2 Å². The van der Waals surface area contributed by atoms with Crippen molar-refractivity contribution in [2.45, 2.75) is 0 Å². The van der Waals surface area contributed by atoms with E-state index in [1.807, 2.05) is 0 Å². The third kappa shape index (κ3) is 2.64. The molecule has 0 atom stereocenters. The molecular weight excluding hydrogens is 292 g/mol. The molecule has 0 unspecified atom stereocenters. The Morgan fingerprint density at radius 1 is 1.10 bits per heavy atom. The van der Waals surface area contributed by atoms with Crippen molar-refractivity contribution in [1.82, 2.24) is 4.98 Å². The monoisotopic (exact) mass is 300 g/mol. The highest BCUT2D eigenvalue weighted by atomic mass is 35.5. The quantitative estimate of drug-likeness (QED) is 0.524. The van der Waals surface area contributed by atoms with Crippen molar-refractivity contribution < 1.29 is 9.66 Å². The molecule has 0 aliphatic heterocycles. The molecule has 0 saturated carbocycles. The summed E-state index contributed by atoms with van der Waals surface area (Å²) in [5, 5.41) is 12.2. The number of nitro groups is 1. The Hall–Kier alpha value is -2.66. The summed E-state index contributed by atoms with van der Waals surface area (Å²) in [6, 6.07) is 13.3. The van der Waals surface area contributed by atoms with Crippen LogP contribution in [0.1, 0.15) is 0 Å². The lowest BCUT2D eigenvalue weighted by Crippen LogP contribution is -1.93. The normalized spacial score (nSPS) is 10.5. The summed E-state index contributed by atoms with van der Waals surface area (Å²) in [7, 11) is 0. The Morgan fingerprint density at radius 3 is 2.57 bits per heavy atom. The standard InChI is InChI=1S/C15H9ClN2O3/c16-10-3-5-11(6-4-10)21-14-8-7-13(18(19)20)15-12(14)2-1-9-17-15/h1-9H. The first-order chi connectivity index (χ1) is 10.1. The van der Waals surface area contributed by atoms with Crippen molar-refractivity contribution in [2.75, 3.05) is 0 Å². The minimum Gasteiger partial charge on any atom is -0.457 e. The predicted molar refractivity (Wildman–Crippen MR) is 79.9 cm³/mol. The highest BCUT2D eigenvalue weighted by Crippen LogP contribution is 2.34. The molecule has 21 heavy (non-hydrogen) atoms. The van der Waals surface area contributed by atoms with Gasteiger partial charge in [-0.2, -0.15) is 0 Å². The third-order valence-electron chi connectivity index (χ3n) is 2.95. The van der Waals surface area contributed by atoms with Crippen LogP contribution >= 0.6 is 11.6 Å². The van der Waals surface area contributed by atoms with Gasteiger partial charge in [0.2, 0.25) is 0 Å². The zero-order chi connectivity index (χ0) is 14.8. The molecular formula is C15H9ClN2O3. The summed E-state index contributed by atoms with van der Waals surface area (Å²) in [5.41, 5.74) is 0.253. The maximum absolute atomic E-state index is 11.0. The summed E-state index contributed by atoms with van der Waals surface area (Å²) in [5.74, 6) is 1.10. The molecule has 3 rings (SSSR count). The molecule has 0 aliphatic carbocycles. The number of hydrogen-bond acceptors (Lipinski definition) is 4. The van der Waals surface area contributed by atoms with E-state index in [-0.39, 0.29) is 5.69 Å². The van der Waals surface area contributed by atoms with Gasteiger partial charge in [-0.25, -0.2) is 4.98 Å². The Bertz CT molecular complexity index is 819. The highest BCUT2D eigenvalue weighted by Gasteiger charge is 2.16. The number of benzene rings is 2. The molecule has 104 valence electrons. The first-order valence-corrected chi connectivity index (χ1v) is 6.48. The Morgan fingerprint density at radius 2 is 1.86 bits per heavy atom. The molecule has 1 aromatic heterocycles. The minimum atomic E-state index is -0.457. The summed E-state index contributed by atoms with van der Waals surface area (Å²) in [6.45, 7) is 0. The molecule has 3 aromatic rings. The molecule has 0 amide bonds. The van der Waals surface area contributed by atoms with Crippen LogP contribution in [0.2, 0.25) is 5.02 Å². The molecule has 2 aromatic carbocycles. The molecule has 1 heterocycles. The first-order valence-electron chi connectivity index (χ1n) is 6.11. The number of ether oxygens (including phenoxy) is 1. The van der Waals surface area contributed by atoms with Crippen LogP contribution in [-0.4, -0.2) is 9.91 Å². The largest absolute Gasteiger partial charge is 0.457 e. The number of fused-ring (bicyclic) bond motifs is 1. The average Bonchev–Trinajstić information content (AvgIpc) is 2.49. The Labute approximate surface area is 124 Å². The van der Waals surface area contributed by atoms with E-state index in [9.17, 15) is 10.1 Å². The van der Waals surface area contributed by atoms with Gasteiger partial charge in [0, 0.05) is 22.7 Å². The SMILES string of the molecule is O=[N+]([O-])c1ccc(Oc2ccc(Cl)cc2)c2cccnc12. The number of nitrogens with zero attached hydrogens (tertiary/aromatic N) is 2. The maximum atomic E-state index is 11.0. The van der Waals surface area contributed by atoms with Crippen molar-refractivity contribution in [1.29, 1.82) is 0 Å². The van der Waals surface area contributed by atoms with Crippen LogP contribution in [0.25, 0.3) is 10.9 Å². The number of rotatable bonds is 3. The van der Waals surface area contributed by atoms with E-state index in [0.717, 1.165) is 0 Å². The molecule has 6 heteroatoms. The Kier molecular flexibility index (Phi) is 3.41. The number of hydrogen-bond donors (Lipinski definition) is 0. The number of non-ortho nitro benzene ring substituents is 1. The van der Waals surface area contributed by atoms with Crippen LogP contribution in [0.4, 0.5) is 5.69 Å². The van der Waals surface area contributed by atoms with Gasteiger partial charge in [0.1, 0.15) is 11.5 Å². The third-order valence-corrected chi connectivity index (χ3v) is 3.20. The van der Waals surface area contributed by atoms with Crippen LogP contribution in [-0.2, 0) is 0 Å². The maximum Gasteiger partial charge on any atom is 0.295 e. The summed E-state index contributed by atoms with van der Waals surface area (Å²) in [6.07, 6.45) is 1.52. The average molecular weight is 301 g/mol. The van der Waals surface area contributed by atoms with Crippen molar-refractivity contribution in [3.8, 4) is 11.5 Å². The van der Waals surface area contributed by atoms with Gasteiger partial charge in [0.15, 0.2) is 5.52 Å². The molecule has 5 nitrogen and oxygen atoms in total. The van der Waals surface area contributed by atoms with Gasteiger partial charge in [-0.3, -0.25) is 10.1 Å². The van der Waals surface area contributed by atoms with Crippen LogP contribution in [0.3, 0.4) is 0 Å². The smallest absolute Gasteiger partial charge is 0.295 e. The molecule has 0 spiro atoms. The van der Waals surface area contributed by atoms with Gasteiger partial charge >= 0.3 is 0 Å². The van der Waals surface area contributed by atoms with Crippen LogP contribution in [0.5, 0.6) is 11.5 Å². The van der Waals surface area contributed by atoms with Gasteiger partial charge in [-0.15, -0.1) is 0 Å². The van der Waals surface area contributed by atoms with E-state index in [1.165, 1.54) is 12.3 Å². The van der Waals surface area contributed by atoms with E-state index < -0.39 is 4.92 Å². The van der Waals surface area contributed by atoms with Crippen LogP contribution in [0, 0.1) is 10.1 Å². The predicted octanol–water partition coefficient (Wildman–Crippen LogP) is 4.59. The number of nitro benzene ring substituents is 1. The lowest BCUT2D eigenvalue weighted by molar-refractivity contribution is -0.383. The summed E-state index contributed by atoms with van der Waals surface area (Å²) >= 11 is 5.82. The van der Waals surface area contributed by atoms with Crippen molar-refractivity contribution in [3.05, 3.63) is 69.9 Å². The molecule has 0 bridgehead atoms. The van der Waals surface area contributed by atoms with Crippen molar-refractivity contribution in [3.63, 3.8) is 0 Å². The number of halogens is 1. The number of aromatic nitrogens is 1. The molecule has 0 saturated heterocycles. The highest BCUT2D eigenvalue weighted by molar-refractivity contribution is 6.30. The molecule has 0 aliphatic rings. The van der Waals surface area contributed by atoms with Crippen molar-refractivity contribution in [2.24, 2.45) is 0 Å². The van der Waals surface area contributed by atoms with E-state index in [4.69, 9.17) is 16.3 Å². The molecule has 0 fully saturated rings. The van der Waals surface area contributed by atoms with Crippen LogP contribution in [0.15, 0.2) is 54.7 Å².